The van der Waals surface area contributed by atoms with Gasteiger partial charge in [0.15, 0.2) is 0 Å². The zero-order valence-corrected chi connectivity index (χ0v) is 13.9. The van der Waals surface area contributed by atoms with Crippen molar-refractivity contribution in [1.29, 1.82) is 0 Å². The van der Waals surface area contributed by atoms with Crippen LogP contribution >= 0.6 is 0 Å². The first-order valence-corrected chi connectivity index (χ1v) is 8.26. The molecular formula is C17H34N2. The highest BCUT2D eigenvalue weighted by Gasteiger charge is 2.63. The molecule has 1 aliphatic heterocycles. The number of rotatable bonds is 5. The van der Waals surface area contributed by atoms with E-state index in [9.17, 15) is 0 Å². The summed E-state index contributed by atoms with van der Waals surface area (Å²) in [5, 5.41) is 3.84. The van der Waals surface area contributed by atoms with Gasteiger partial charge >= 0.3 is 0 Å². The van der Waals surface area contributed by atoms with Crippen LogP contribution in [0.5, 0.6) is 0 Å². The van der Waals surface area contributed by atoms with Crippen molar-refractivity contribution in [3.8, 4) is 0 Å². The first-order valence-electron chi connectivity index (χ1n) is 8.26. The monoisotopic (exact) mass is 266 g/mol. The van der Waals surface area contributed by atoms with Crippen LogP contribution in [0.3, 0.4) is 0 Å². The fraction of sp³-hybridized carbons (Fsp3) is 1.00. The summed E-state index contributed by atoms with van der Waals surface area (Å²) in [5.74, 6) is 1.69. The van der Waals surface area contributed by atoms with E-state index in [1.807, 2.05) is 0 Å². The van der Waals surface area contributed by atoms with Crippen LogP contribution in [0.2, 0.25) is 0 Å². The Labute approximate surface area is 120 Å². The molecule has 19 heavy (non-hydrogen) atoms. The summed E-state index contributed by atoms with van der Waals surface area (Å²) < 4.78 is 0. The lowest BCUT2D eigenvalue weighted by Gasteiger charge is -2.35. The summed E-state index contributed by atoms with van der Waals surface area (Å²) in [6.07, 6.45) is 2.78. The highest BCUT2D eigenvalue weighted by Crippen LogP contribution is 2.67. The fourth-order valence-corrected chi connectivity index (χ4v) is 4.10. The van der Waals surface area contributed by atoms with Gasteiger partial charge in [0.05, 0.1) is 0 Å². The molecule has 2 nitrogen and oxygen atoms in total. The fourth-order valence-electron chi connectivity index (χ4n) is 4.10. The lowest BCUT2D eigenvalue weighted by atomic mass is 9.91. The molecule has 2 fully saturated rings. The summed E-state index contributed by atoms with van der Waals surface area (Å²) >= 11 is 0. The van der Waals surface area contributed by atoms with Gasteiger partial charge in [0.2, 0.25) is 0 Å². The van der Waals surface area contributed by atoms with Crippen molar-refractivity contribution in [2.75, 3.05) is 26.2 Å². The van der Waals surface area contributed by atoms with Crippen LogP contribution in [0.4, 0.5) is 0 Å². The van der Waals surface area contributed by atoms with Crippen LogP contribution in [-0.2, 0) is 0 Å². The quantitative estimate of drug-likeness (QED) is 0.820. The van der Waals surface area contributed by atoms with Gasteiger partial charge in [0.25, 0.3) is 0 Å². The lowest BCUT2D eigenvalue weighted by molar-refractivity contribution is 0.156. The van der Waals surface area contributed by atoms with E-state index in [1.165, 1.54) is 39.0 Å². The van der Waals surface area contributed by atoms with E-state index in [0.29, 0.717) is 16.9 Å². The van der Waals surface area contributed by atoms with Gasteiger partial charge in [-0.15, -0.1) is 0 Å². The molecule has 0 bridgehead atoms. The highest BCUT2D eigenvalue weighted by molar-refractivity contribution is 5.13. The summed E-state index contributed by atoms with van der Waals surface area (Å²) in [5.41, 5.74) is 1.03. The third kappa shape index (κ3) is 2.85. The maximum absolute atomic E-state index is 3.84. The Hall–Kier alpha value is -0.0800. The van der Waals surface area contributed by atoms with Gasteiger partial charge in [-0.3, -0.25) is 0 Å². The zero-order valence-electron chi connectivity index (χ0n) is 13.9. The second-order valence-corrected chi connectivity index (χ2v) is 7.99. The van der Waals surface area contributed by atoms with Crippen LogP contribution < -0.4 is 5.32 Å². The standard InChI is InChI=1S/C17H34N2/c1-7-19-10-8-9-14(12-19)13(2)18-11-15-16(3,4)17(15,5)6/h13-15,18H,7-12H2,1-6H3. The number of piperidine rings is 1. The molecule has 0 spiro atoms. The third-order valence-electron chi connectivity index (χ3n) is 6.66. The van der Waals surface area contributed by atoms with Gasteiger partial charge in [-0.05, 0) is 62.1 Å². The van der Waals surface area contributed by atoms with Gasteiger partial charge in [-0.2, -0.15) is 0 Å². The first kappa shape index (κ1) is 15.3. The Bertz CT molecular complexity index is 294. The van der Waals surface area contributed by atoms with Gasteiger partial charge in [-0.25, -0.2) is 0 Å². The predicted molar refractivity (Wildman–Crippen MR) is 83.4 cm³/mol. The van der Waals surface area contributed by atoms with Crippen molar-refractivity contribution in [1.82, 2.24) is 10.2 Å². The molecule has 0 aromatic carbocycles. The Balaban J connectivity index is 1.77. The molecule has 2 rings (SSSR count). The molecule has 0 aromatic heterocycles. The Morgan fingerprint density at radius 2 is 1.84 bits per heavy atom. The molecule has 2 heteroatoms. The topological polar surface area (TPSA) is 15.3 Å². The summed E-state index contributed by atoms with van der Waals surface area (Å²) in [7, 11) is 0. The molecule has 112 valence electrons. The molecule has 2 aliphatic rings. The van der Waals surface area contributed by atoms with E-state index in [-0.39, 0.29) is 0 Å². The Morgan fingerprint density at radius 1 is 1.21 bits per heavy atom. The van der Waals surface area contributed by atoms with Crippen molar-refractivity contribution in [2.45, 2.75) is 60.4 Å². The van der Waals surface area contributed by atoms with E-state index in [4.69, 9.17) is 0 Å². The molecule has 0 radical (unpaired) electrons. The lowest BCUT2D eigenvalue weighted by Crippen LogP contribution is -2.45. The molecule has 0 aromatic rings. The Morgan fingerprint density at radius 3 is 2.37 bits per heavy atom. The van der Waals surface area contributed by atoms with Gasteiger partial charge in [-0.1, -0.05) is 34.6 Å². The van der Waals surface area contributed by atoms with E-state index in [2.05, 4.69) is 51.8 Å². The van der Waals surface area contributed by atoms with Crippen LogP contribution in [0.15, 0.2) is 0 Å². The molecule has 0 amide bonds. The molecule has 2 unspecified atom stereocenters. The molecule has 1 N–H and O–H groups in total. The number of nitrogens with zero attached hydrogens (tertiary/aromatic N) is 1. The van der Waals surface area contributed by atoms with Gasteiger partial charge in [0.1, 0.15) is 0 Å². The molecule has 1 saturated heterocycles. The number of hydrogen-bond acceptors (Lipinski definition) is 2. The van der Waals surface area contributed by atoms with Crippen molar-refractivity contribution in [3.63, 3.8) is 0 Å². The Kier molecular flexibility index (Phi) is 4.32. The second-order valence-electron chi connectivity index (χ2n) is 7.99. The normalized spacial score (nSPS) is 32.2. The van der Waals surface area contributed by atoms with Crippen LogP contribution in [-0.4, -0.2) is 37.1 Å². The van der Waals surface area contributed by atoms with E-state index >= 15 is 0 Å². The van der Waals surface area contributed by atoms with Crippen molar-refractivity contribution in [2.24, 2.45) is 22.7 Å². The smallest absolute Gasteiger partial charge is 0.00793 e. The van der Waals surface area contributed by atoms with Gasteiger partial charge < -0.3 is 10.2 Å². The summed E-state index contributed by atoms with van der Waals surface area (Å²) in [6.45, 7) is 19.4. The SMILES string of the molecule is CCN1CCCC(C(C)NCC2C(C)(C)C2(C)C)C1. The molecule has 1 aliphatic carbocycles. The molecular weight excluding hydrogens is 232 g/mol. The van der Waals surface area contributed by atoms with E-state index in [0.717, 1.165) is 11.8 Å². The van der Waals surface area contributed by atoms with Crippen molar-refractivity contribution >= 4 is 0 Å². The highest BCUT2D eigenvalue weighted by atomic mass is 15.1. The number of nitrogens with one attached hydrogen (secondary N) is 1. The molecule has 1 heterocycles. The summed E-state index contributed by atoms with van der Waals surface area (Å²) in [6, 6.07) is 0.668. The minimum atomic E-state index is 0.516. The first-order chi connectivity index (χ1) is 8.80. The average molecular weight is 266 g/mol. The minimum absolute atomic E-state index is 0.516. The zero-order chi connectivity index (χ0) is 14.3. The largest absolute Gasteiger partial charge is 0.314 e. The van der Waals surface area contributed by atoms with Crippen LogP contribution in [0.25, 0.3) is 0 Å². The van der Waals surface area contributed by atoms with Crippen LogP contribution in [0, 0.1) is 22.7 Å². The van der Waals surface area contributed by atoms with Crippen molar-refractivity contribution in [3.05, 3.63) is 0 Å². The average Bonchev–Trinajstić information content (AvgIpc) is 2.77. The van der Waals surface area contributed by atoms with Gasteiger partial charge in [0, 0.05) is 12.6 Å². The minimum Gasteiger partial charge on any atom is -0.314 e. The van der Waals surface area contributed by atoms with E-state index < -0.39 is 0 Å². The van der Waals surface area contributed by atoms with Crippen molar-refractivity contribution < 1.29 is 0 Å². The third-order valence-corrected chi connectivity index (χ3v) is 6.66. The number of hydrogen-bond donors (Lipinski definition) is 1. The molecule has 2 atom stereocenters. The van der Waals surface area contributed by atoms with E-state index in [1.54, 1.807) is 0 Å². The maximum atomic E-state index is 3.84. The predicted octanol–water partition coefficient (Wildman–Crippen LogP) is 3.38. The molecule has 1 saturated carbocycles. The van der Waals surface area contributed by atoms with Crippen LogP contribution in [0.1, 0.15) is 54.4 Å². The second kappa shape index (κ2) is 5.37. The number of likely N-dealkylation sites (tertiary alicyclic amines) is 1. The summed E-state index contributed by atoms with van der Waals surface area (Å²) in [4.78, 5) is 2.61. The maximum Gasteiger partial charge on any atom is 0.00793 e.